The summed E-state index contributed by atoms with van der Waals surface area (Å²) >= 11 is 8.02. The highest BCUT2D eigenvalue weighted by molar-refractivity contribution is 7.20. The molecular weight excluding hydrogens is 614 g/mol. The average molecular weight is 658 g/mol. The van der Waals surface area contributed by atoms with Crippen LogP contribution in [-0.2, 0) is 11.3 Å². The second-order valence-electron chi connectivity index (χ2n) is 12.3. The van der Waals surface area contributed by atoms with E-state index in [0.29, 0.717) is 34.2 Å². The summed E-state index contributed by atoms with van der Waals surface area (Å²) in [7, 11) is 0. The van der Waals surface area contributed by atoms with Gasteiger partial charge in [-0.25, -0.2) is 9.78 Å². The minimum absolute atomic E-state index is 0.129. The fourth-order valence-electron chi connectivity index (χ4n) is 6.47. The Balaban J connectivity index is 1.14. The Bertz CT molecular complexity index is 1470. The van der Waals surface area contributed by atoms with Gasteiger partial charge < -0.3 is 15.0 Å². The summed E-state index contributed by atoms with van der Waals surface area (Å²) < 4.78 is 6.16. The second-order valence-corrected chi connectivity index (χ2v) is 13.9. The molecule has 7 nitrogen and oxygen atoms in total. The fourth-order valence-corrected chi connectivity index (χ4v) is 7.54. The molecule has 0 aliphatic carbocycles. The summed E-state index contributed by atoms with van der Waals surface area (Å²) in [6.07, 6.45) is 3.87. The zero-order valence-electron chi connectivity index (χ0n) is 26.4. The van der Waals surface area contributed by atoms with Gasteiger partial charge in [0.2, 0.25) is 0 Å². The number of thiazole rings is 1. The topological polar surface area (TPSA) is 69.7 Å². The highest BCUT2D eigenvalue weighted by atomic mass is 35.5. The number of ether oxygens (including phenoxy) is 1. The third kappa shape index (κ3) is 8.96. The number of urea groups is 1. The molecule has 2 aliphatic heterocycles. The number of nitrogens with zero attached hydrogens (tertiary/aromatic N) is 3. The Morgan fingerprint density at radius 3 is 2.26 bits per heavy atom. The Morgan fingerprint density at radius 1 is 0.957 bits per heavy atom. The van der Waals surface area contributed by atoms with E-state index < -0.39 is 0 Å². The average Bonchev–Trinajstić information content (AvgIpc) is 3.47. The predicted octanol–water partition coefficient (Wildman–Crippen LogP) is 7.74. The van der Waals surface area contributed by atoms with E-state index in [9.17, 15) is 4.79 Å². The van der Waals surface area contributed by atoms with Gasteiger partial charge in [0.15, 0.2) is 5.13 Å². The van der Waals surface area contributed by atoms with Gasteiger partial charge in [-0.15, -0.1) is 0 Å². The van der Waals surface area contributed by atoms with E-state index in [1.54, 1.807) is 0 Å². The van der Waals surface area contributed by atoms with Crippen LogP contribution in [0, 0.1) is 5.92 Å². The SMILES string of the molecule is O=C(Nc1nc(-c2ccc(CN3CCNCC3)cc2)c(Cl)s1)N(CCC1CCOCC1)CCC(c1ccccc1)c1ccccc1. The summed E-state index contributed by atoms with van der Waals surface area (Å²) in [4.78, 5) is 23.1. The molecule has 46 heavy (non-hydrogen) atoms. The number of halogens is 1. The van der Waals surface area contributed by atoms with Crippen LogP contribution in [0.5, 0.6) is 0 Å². The van der Waals surface area contributed by atoms with Gasteiger partial charge in [-0.1, -0.05) is 108 Å². The fraction of sp³-hybridized carbons (Fsp3) is 0.405. The summed E-state index contributed by atoms with van der Waals surface area (Å²) in [5.74, 6) is 0.759. The molecule has 0 spiro atoms. The Kier molecular flexibility index (Phi) is 11.7. The highest BCUT2D eigenvalue weighted by Gasteiger charge is 2.23. The first-order chi connectivity index (χ1) is 22.6. The van der Waals surface area contributed by atoms with Gasteiger partial charge >= 0.3 is 6.03 Å². The third-order valence-corrected chi connectivity index (χ3v) is 10.3. The van der Waals surface area contributed by atoms with Crippen molar-refractivity contribution in [3.05, 3.63) is 106 Å². The quantitative estimate of drug-likeness (QED) is 0.163. The van der Waals surface area contributed by atoms with E-state index in [0.717, 1.165) is 77.2 Å². The van der Waals surface area contributed by atoms with Crippen LogP contribution in [0.15, 0.2) is 84.9 Å². The molecular formula is C37H44ClN5O2S. The van der Waals surface area contributed by atoms with Crippen molar-refractivity contribution in [3.8, 4) is 11.3 Å². The van der Waals surface area contributed by atoms with E-state index in [4.69, 9.17) is 21.3 Å². The molecule has 6 rings (SSSR count). The number of rotatable bonds is 12. The predicted molar refractivity (Wildman–Crippen MR) is 189 cm³/mol. The zero-order chi connectivity index (χ0) is 31.6. The number of nitrogens with one attached hydrogen (secondary N) is 2. The number of carbonyl (C=O) groups is 1. The lowest BCUT2D eigenvalue weighted by Crippen LogP contribution is -2.42. The van der Waals surface area contributed by atoms with Crippen molar-refractivity contribution in [3.63, 3.8) is 0 Å². The molecule has 2 saturated heterocycles. The molecule has 2 aliphatic rings. The molecule has 0 saturated carbocycles. The molecule has 0 radical (unpaired) electrons. The summed E-state index contributed by atoms with van der Waals surface area (Å²) in [6, 6.07) is 29.5. The first-order valence-electron chi connectivity index (χ1n) is 16.5. The number of amides is 2. The van der Waals surface area contributed by atoms with Gasteiger partial charge in [0.1, 0.15) is 10.0 Å². The largest absolute Gasteiger partial charge is 0.381 e. The molecule has 3 heterocycles. The maximum atomic E-state index is 13.9. The van der Waals surface area contributed by atoms with Crippen LogP contribution in [0.2, 0.25) is 4.34 Å². The van der Waals surface area contributed by atoms with Crippen LogP contribution in [-0.4, -0.2) is 73.3 Å². The molecule has 0 unspecified atom stereocenters. The molecule has 3 aromatic carbocycles. The molecule has 1 aromatic heterocycles. The first kappa shape index (κ1) is 32.7. The number of anilines is 1. The molecule has 2 amide bonds. The second kappa shape index (κ2) is 16.5. The molecule has 2 N–H and O–H groups in total. The van der Waals surface area contributed by atoms with Crippen LogP contribution in [0.3, 0.4) is 0 Å². The van der Waals surface area contributed by atoms with Crippen molar-refractivity contribution in [2.45, 2.75) is 38.1 Å². The van der Waals surface area contributed by atoms with Crippen LogP contribution in [0.1, 0.15) is 48.3 Å². The van der Waals surface area contributed by atoms with Gasteiger partial charge in [0.25, 0.3) is 0 Å². The number of piperazine rings is 1. The molecule has 242 valence electrons. The minimum atomic E-state index is -0.129. The number of hydrogen-bond acceptors (Lipinski definition) is 6. The third-order valence-electron chi connectivity index (χ3n) is 9.17. The van der Waals surface area contributed by atoms with Crippen molar-refractivity contribution < 1.29 is 9.53 Å². The summed E-state index contributed by atoms with van der Waals surface area (Å²) in [5, 5.41) is 7.03. The van der Waals surface area contributed by atoms with Crippen LogP contribution >= 0.6 is 22.9 Å². The van der Waals surface area contributed by atoms with E-state index in [-0.39, 0.29) is 11.9 Å². The first-order valence-corrected chi connectivity index (χ1v) is 17.7. The highest BCUT2D eigenvalue weighted by Crippen LogP contribution is 2.36. The number of aromatic nitrogens is 1. The lowest BCUT2D eigenvalue weighted by molar-refractivity contribution is 0.0614. The summed E-state index contributed by atoms with van der Waals surface area (Å²) in [5.41, 5.74) is 5.45. The molecule has 0 bridgehead atoms. The van der Waals surface area contributed by atoms with Gasteiger partial charge in [-0.3, -0.25) is 10.2 Å². The smallest absolute Gasteiger partial charge is 0.323 e. The standard InChI is InChI=1S/C37H44ClN5O2S/c38-35-34(32-13-11-29(12-14-32)27-42-23-19-39-20-24-42)40-36(46-35)41-37(44)43(21-15-28-17-25-45-26-18-28)22-16-33(30-7-3-1-4-8-30)31-9-5-2-6-10-31/h1-14,28,33,39H,15-27H2,(H,40,41,44). The lowest BCUT2D eigenvalue weighted by atomic mass is 9.88. The van der Waals surface area contributed by atoms with Gasteiger partial charge in [0.05, 0.1) is 0 Å². The number of carbonyl (C=O) groups excluding carboxylic acids is 1. The zero-order valence-corrected chi connectivity index (χ0v) is 27.9. The molecule has 9 heteroatoms. The van der Waals surface area contributed by atoms with Crippen molar-refractivity contribution >= 4 is 34.1 Å². The number of hydrogen-bond donors (Lipinski definition) is 2. The van der Waals surface area contributed by atoms with Gasteiger partial charge in [-0.2, -0.15) is 0 Å². The summed E-state index contributed by atoms with van der Waals surface area (Å²) in [6.45, 7) is 8.06. The monoisotopic (exact) mass is 657 g/mol. The van der Waals surface area contributed by atoms with Crippen molar-refractivity contribution in [2.75, 3.05) is 57.8 Å². The van der Waals surface area contributed by atoms with E-state index >= 15 is 0 Å². The van der Waals surface area contributed by atoms with Crippen LogP contribution < -0.4 is 10.6 Å². The van der Waals surface area contributed by atoms with Crippen molar-refractivity contribution in [1.82, 2.24) is 20.1 Å². The molecule has 2 fully saturated rings. The van der Waals surface area contributed by atoms with E-state index in [2.05, 4.69) is 100 Å². The van der Waals surface area contributed by atoms with Crippen LogP contribution in [0.4, 0.5) is 9.93 Å². The maximum Gasteiger partial charge on any atom is 0.323 e. The Hall–Kier alpha value is -3.27. The van der Waals surface area contributed by atoms with E-state index in [1.165, 1.54) is 28.0 Å². The van der Waals surface area contributed by atoms with Gasteiger partial charge in [-0.05, 0) is 48.3 Å². The maximum absolute atomic E-state index is 13.9. The normalized spacial score (nSPS) is 16.0. The minimum Gasteiger partial charge on any atom is -0.381 e. The Morgan fingerprint density at radius 2 is 1.61 bits per heavy atom. The van der Waals surface area contributed by atoms with E-state index in [1.807, 2.05) is 4.90 Å². The molecule has 0 atom stereocenters. The molecule has 4 aromatic rings. The van der Waals surface area contributed by atoms with Crippen molar-refractivity contribution in [2.24, 2.45) is 5.92 Å². The van der Waals surface area contributed by atoms with Crippen molar-refractivity contribution in [1.29, 1.82) is 0 Å². The lowest BCUT2D eigenvalue weighted by Gasteiger charge is -2.29. The van der Waals surface area contributed by atoms with Crippen LogP contribution in [0.25, 0.3) is 11.3 Å². The Labute approximate surface area is 281 Å². The number of benzene rings is 3. The van der Waals surface area contributed by atoms with Gasteiger partial charge in [0, 0.05) is 70.5 Å².